The molecule has 1 N–H and O–H groups in total. The SMILES string of the molecule is Cn1cc(CNC(=O)c2ccn(-c3cccc(F)c3)n2)c(C(F)(F)F)n1. The standard InChI is InChI=1S/C16H13F4N5O/c1-24-9-10(14(23-24)16(18,19)20)8-21-15(26)13-5-6-25(22-13)12-4-2-3-11(17)7-12/h2-7,9H,8H2,1H3,(H,21,26). The second-order valence-electron chi connectivity index (χ2n) is 5.48. The molecule has 0 radical (unpaired) electrons. The van der Waals surface area contributed by atoms with Crippen molar-refractivity contribution in [3.05, 3.63) is 65.5 Å². The Hall–Kier alpha value is -3.17. The highest BCUT2D eigenvalue weighted by molar-refractivity contribution is 5.92. The lowest BCUT2D eigenvalue weighted by atomic mass is 10.2. The van der Waals surface area contributed by atoms with Crippen molar-refractivity contribution in [2.75, 3.05) is 0 Å². The molecule has 0 bridgehead atoms. The fraction of sp³-hybridized carbons (Fsp3) is 0.188. The molecule has 136 valence electrons. The largest absolute Gasteiger partial charge is 0.435 e. The molecule has 10 heteroatoms. The predicted octanol–water partition coefficient (Wildman–Crippen LogP) is 2.69. The molecular weight excluding hydrogens is 354 g/mol. The quantitative estimate of drug-likeness (QED) is 0.721. The summed E-state index contributed by atoms with van der Waals surface area (Å²) >= 11 is 0. The first-order valence-corrected chi connectivity index (χ1v) is 7.43. The van der Waals surface area contributed by atoms with Gasteiger partial charge in [0.15, 0.2) is 11.4 Å². The lowest BCUT2D eigenvalue weighted by Crippen LogP contribution is -2.24. The number of hydrogen-bond donors (Lipinski definition) is 1. The van der Waals surface area contributed by atoms with Crippen molar-refractivity contribution in [3.63, 3.8) is 0 Å². The molecule has 0 atom stereocenters. The molecule has 3 aromatic rings. The minimum Gasteiger partial charge on any atom is -0.346 e. The van der Waals surface area contributed by atoms with Crippen LogP contribution in [0, 0.1) is 5.82 Å². The number of rotatable bonds is 4. The molecule has 2 aromatic heterocycles. The number of halogens is 4. The zero-order valence-electron chi connectivity index (χ0n) is 13.5. The third kappa shape index (κ3) is 3.73. The van der Waals surface area contributed by atoms with Crippen LogP contribution < -0.4 is 5.32 Å². The molecule has 0 spiro atoms. The summed E-state index contributed by atoms with van der Waals surface area (Å²) in [6.07, 6.45) is -1.97. The Kier molecular flexibility index (Phi) is 4.49. The molecule has 0 unspecified atom stereocenters. The third-order valence-corrected chi connectivity index (χ3v) is 3.51. The van der Waals surface area contributed by atoms with Crippen LogP contribution in [0.5, 0.6) is 0 Å². The van der Waals surface area contributed by atoms with Gasteiger partial charge in [-0.3, -0.25) is 9.48 Å². The number of nitrogens with zero attached hydrogens (tertiary/aromatic N) is 4. The van der Waals surface area contributed by atoms with Gasteiger partial charge in [-0.2, -0.15) is 23.4 Å². The highest BCUT2D eigenvalue weighted by Crippen LogP contribution is 2.30. The summed E-state index contributed by atoms with van der Waals surface area (Å²) in [5.74, 6) is -1.11. The summed E-state index contributed by atoms with van der Waals surface area (Å²) in [5.41, 5.74) is -0.800. The number of amides is 1. The van der Waals surface area contributed by atoms with Gasteiger partial charge in [-0.05, 0) is 24.3 Å². The molecule has 0 aliphatic carbocycles. The van der Waals surface area contributed by atoms with Gasteiger partial charge in [0.1, 0.15) is 5.82 Å². The Bertz CT molecular complexity index is 944. The maximum atomic E-state index is 13.2. The van der Waals surface area contributed by atoms with E-state index >= 15 is 0 Å². The zero-order valence-corrected chi connectivity index (χ0v) is 13.5. The molecular formula is C16H13F4N5O. The normalized spacial score (nSPS) is 11.6. The summed E-state index contributed by atoms with van der Waals surface area (Å²) in [6.45, 7) is -0.353. The van der Waals surface area contributed by atoms with Crippen molar-refractivity contribution in [1.29, 1.82) is 0 Å². The average molecular weight is 367 g/mol. The van der Waals surface area contributed by atoms with Crippen molar-refractivity contribution < 1.29 is 22.4 Å². The van der Waals surface area contributed by atoms with Crippen LogP contribution >= 0.6 is 0 Å². The van der Waals surface area contributed by atoms with Gasteiger partial charge in [0.05, 0.1) is 5.69 Å². The van der Waals surface area contributed by atoms with Crippen molar-refractivity contribution >= 4 is 5.91 Å². The molecule has 0 aliphatic rings. The lowest BCUT2D eigenvalue weighted by molar-refractivity contribution is -0.142. The molecule has 0 aliphatic heterocycles. The second kappa shape index (κ2) is 6.62. The van der Waals surface area contributed by atoms with Gasteiger partial charge in [0, 0.05) is 31.5 Å². The molecule has 0 saturated heterocycles. The Labute approximate surface area is 145 Å². The van der Waals surface area contributed by atoms with Crippen LogP contribution in [0.25, 0.3) is 5.69 Å². The minimum absolute atomic E-state index is 0.00768. The van der Waals surface area contributed by atoms with Gasteiger partial charge in [-0.1, -0.05) is 6.07 Å². The summed E-state index contributed by atoms with van der Waals surface area (Å²) in [7, 11) is 1.36. The van der Waals surface area contributed by atoms with Gasteiger partial charge in [0.25, 0.3) is 5.91 Å². The van der Waals surface area contributed by atoms with Crippen LogP contribution in [-0.4, -0.2) is 25.5 Å². The van der Waals surface area contributed by atoms with E-state index in [0.29, 0.717) is 5.69 Å². The van der Waals surface area contributed by atoms with E-state index in [0.717, 1.165) is 4.68 Å². The second-order valence-corrected chi connectivity index (χ2v) is 5.48. The number of aryl methyl sites for hydroxylation is 1. The van der Waals surface area contributed by atoms with E-state index in [9.17, 15) is 22.4 Å². The molecule has 0 saturated carbocycles. The Morgan fingerprint density at radius 1 is 1.23 bits per heavy atom. The topological polar surface area (TPSA) is 64.7 Å². The summed E-state index contributed by atoms with van der Waals surface area (Å²) in [6, 6.07) is 6.98. The molecule has 2 heterocycles. The number of carbonyl (C=O) groups excluding carboxylic acids is 1. The first kappa shape index (κ1) is 17.6. The Balaban J connectivity index is 1.72. The van der Waals surface area contributed by atoms with Crippen molar-refractivity contribution in [2.45, 2.75) is 12.7 Å². The first-order valence-electron chi connectivity index (χ1n) is 7.43. The highest BCUT2D eigenvalue weighted by atomic mass is 19.4. The minimum atomic E-state index is -4.61. The van der Waals surface area contributed by atoms with Crippen LogP contribution in [0.4, 0.5) is 17.6 Å². The molecule has 26 heavy (non-hydrogen) atoms. The van der Waals surface area contributed by atoms with Crippen LogP contribution in [0.1, 0.15) is 21.7 Å². The number of nitrogens with one attached hydrogen (secondary N) is 1. The molecule has 1 aromatic carbocycles. The van der Waals surface area contributed by atoms with Crippen molar-refractivity contribution in [1.82, 2.24) is 24.9 Å². The smallest absolute Gasteiger partial charge is 0.346 e. The van der Waals surface area contributed by atoms with Crippen molar-refractivity contribution in [3.8, 4) is 5.69 Å². The fourth-order valence-corrected chi connectivity index (χ4v) is 2.38. The van der Waals surface area contributed by atoms with Crippen LogP contribution in [-0.2, 0) is 19.8 Å². The number of benzene rings is 1. The number of hydrogen-bond acceptors (Lipinski definition) is 3. The van der Waals surface area contributed by atoms with Gasteiger partial charge in [-0.25, -0.2) is 9.07 Å². The highest BCUT2D eigenvalue weighted by Gasteiger charge is 2.36. The van der Waals surface area contributed by atoms with E-state index in [2.05, 4.69) is 15.5 Å². The maximum absolute atomic E-state index is 13.2. The first-order chi connectivity index (χ1) is 12.2. The fourth-order valence-electron chi connectivity index (χ4n) is 2.38. The number of carbonyl (C=O) groups is 1. The van der Waals surface area contributed by atoms with E-state index in [-0.39, 0.29) is 17.8 Å². The van der Waals surface area contributed by atoms with Crippen molar-refractivity contribution in [2.24, 2.45) is 7.05 Å². The lowest BCUT2D eigenvalue weighted by Gasteiger charge is -2.06. The third-order valence-electron chi connectivity index (χ3n) is 3.51. The average Bonchev–Trinajstić information content (AvgIpc) is 3.19. The van der Waals surface area contributed by atoms with Gasteiger partial charge in [-0.15, -0.1) is 0 Å². The van der Waals surface area contributed by atoms with Gasteiger partial charge in [0.2, 0.25) is 0 Å². The predicted molar refractivity (Wildman–Crippen MR) is 82.9 cm³/mol. The Morgan fingerprint density at radius 3 is 2.69 bits per heavy atom. The number of alkyl halides is 3. The van der Waals surface area contributed by atoms with E-state index < -0.39 is 23.6 Å². The molecule has 1 amide bonds. The summed E-state index contributed by atoms with van der Waals surface area (Å²) in [5, 5.41) is 9.75. The maximum Gasteiger partial charge on any atom is 0.435 e. The zero-order chi connectivity index (χ0) is 18.9. The van der Waals surface area contributed by atoms with E-state index in [4.69, 9.17) is 0 Å². The summed E-state index contributed by atoms with van der Waals surface area (Å²) in [4.78, 5) is 12.1. The van der Waals surface area contributed by atoms with Crippen LogP contribution in [0.15, 0.2) is 42.7 Å². The van der Waals surface area contributed by atoms with Gasteiger partial charge < -0.3 is 5.32 Å². The molecule has 6 nitrogen and oxygen atoms in total. The number of aromatic nitrogens is 4. The molecule has 0 fully saturated rings. The van der Waals surface area contributed by atoms with E-state index in [1.165, 1.54) is 48.4 Å². The Morgan fingerprint density at radius 2 is 2.00 bits per heavy atom. The van der Waals surface area contributed by atoms with Crippen LogP contribution in [0.3, 0.4) is 0 Å². The summed E-state index contributed by atoms with van der Waals surface area (Å²) < 4.78 is 54.3. The van der Waals surface area contributed by atoms with E-state index in [1.807, 2.05) is 0 Å². The van der Waals surface area contributed by atoms with E-state index in [1.54, 1.807) is 6.07 Å². The van der Waals surface area contributed by atoms with Gasteiger partial charge >= 0.3 is 6.18 Å². The monoisotopic (exact) mass is 367 g/mol. The molecule has 3 rings (SSSR count). The van der Waals surface area contributed by atoms with Crippen LogP contribution in [0.2, 0.25) is 0 Å².